The van der Waals surface area contributed by atoms with Crippen LogP contribution in [0, 0.1) is 0 Å². The molecule has 1 saturated heterocycles. The molecule has 3 rings (SSSR count). The summed E-state index contributed by atoms with van der Waals surface area (Å²) in [6, 6.07) is 8.30. The van der Waals surface area contributed by atoms with Gasteiger partial charge >= 0.3 is 0 Å². The second-order valence-corrected chi connectivity index (χ2v) is 8.45. The largest absolute Gasteiger partial charge is 0.348 e. The van der Waals surface area contributed by atoms with E-state index in [1.165, 1.54) is 10.4 Å². The van der Waals surface area contributed by atoms with E-state index >= 15 is 0 Å². The Balaban J connectivity index is 1.54. The number of benzene rings is 1. The first-order chi connectivity index (χ1) is 12.0. The first-order valence-electron chi connectivity index (χ1n) is 8.99. The molecule has 4 nitrogen and oxygen atoms in total. The molecule has 25 heavy (non-hydrogen) atoms. The van der Waals surface area contributed by atoms with Crippen LogP contribution in [0.2, 0.25) is 0 Å². The predicted molar refractivity (Wildman–Crippen MR) is 103 cm³/mol. The highest BCUT2D eigenvalue weighted by Crippen LogP contribution is 2.26. The minimum Gasteiger partial charge on any atom is -0.348 e. The third kappa shape index (κ3) is 4.47. The van der Waals surface area contributed by atoms with Crippen molar-refractivity contribution < 1.29 is 4.79 Å². The molecule has 1 atom stereocenters. The fraction of sp³-hybridized carbons (Fsp3) is 0.500. The zero-order valence-electron chi connectivity index (χ0n) is 15.3. The van der Waals surface area contributed by atoms with Gasteiger partial charge in [0.05, 0.1) is 5.51 Å². The lowest BCUT2D eigenvalue weighted by Crippen LogP contribution is -2.37. The Bertz CT molecular complexity index is 694. The van der Waals surface area contributed by atoms with Crippen molar-refractivity contribution in [2.24, 2.45) is 0 Å². The van der Waals surface area contributed by atoms with Crippen LogP contribution in [0.4, 0.5) is 0 Å². The number of nitrogens with one attached hydrogen (secondary N) is 1. The lowest BCUT2D eigenvalue weighted by Gasteiger charge is -2.23. The number of rotatable bonds is 6. The monoisotopic (exact) mass is 357 g/mol. The fourth-order valence-electron chi connectivity index (χ4n) is 3.18. The van der Waals surface area contributed by atoms with E-state index in [4.69, 9.17) is 0 Å². The summed E-state index contributed by atoms with van der Waals surface area (Å²) in [5, 5.41) is 3.18. The Labute approximate surface area is 154 Å². The van der Waals surface area contributed by atoms with Crippen LogP contribution in [0.25, 0.3) is 0 Å². The van der Waals surface area contributed by atoms with Gasteiger partial charge in [-0.3, -0.25) is 14.7 Å². The van der Waals surface area contributed by atoms with E-state index in [2.05, 4.69) is 48.1 Å². The highest BCUT2D eigenvalue weighted by molar-refractivity contribution is 7.09. The Morgan fingerprint density at radius 2 is 2.12 bits per heavy atom. The van der Waals surface area contributed by atoms with E-state index in [0.717, 1.165) is 38.0 Å². The predicted octanol–water partition coefficient (Wildman–Crippen LogP) is 3.84. The van der Waals surface area contributed by atoms with Crippen molar-refractivity contribution in [3.63, 3.8) is 0 Å². The van der Waals surface area contributed by atoms with E-state index in [1.54, 1.807) is 11.3 Å². The van der Waals surface area contributed by atoms with E-state index in [0.29, 0.717) is 0 Å². The molecule has 1 aliphatic heterocycles. The van der Waals surface area contributed by atoms with Gasteiger partial charge in [0.15, 0.2) is 0 Å². The fourth-order valence-corrected chi connectivity index (χ4v) is 3.82. The van der Waals surface area contributed by atoms with Gasteiger partial charge in [-0.15, -0.1) is 11.3 Å². The van der Waals surface area contributed by atoms with Crippen molar-refractivity contribution in [1.29, 1.82) is 0 Å². The Kier molecular flexibility index (Phi) is 5.54. The molecule has 0 aliphatic carbocycles. The maximum Gasteiger partial charge on any atom is 0.251 e. The van der Waals surface area contributed by atoms with Crippen molar-refractivity contribution in [2.75, 3.05) is 13.1 Å². The average Bonchev–Trinajstić information content (AvgIpc) is 3.27. The molecule has 1 N–H and O–H groups in total. The second-order valence-electron chi connectivity index (χ2n) is 7.48. The lowest BCUT2D eigenvalue weighted by molar-refractivity contribution is 0.0937. The number of likely N-dealkylation sites (tertiary alicyclic amines) is 1. The second kappa shape index (κ2) is 7.67. The molecular weight excluding hydrogens is 330 g/mol. The number of hydrogen-bond acceptors (Lipinski definition) is 4. The molecular formula is C20H27N3OS. The van der Waals surface area contributed by atoms with Gasteiger partial charge in [0.25, 0.3) is 5.91 Å². The van der Waals surface area contributed by atoms with Crippen LogP contribution < -0.4 is 5.32 Å². The first kappa shape index (κ1) is 18.1. The third-order valence-corrected chi connectivity index (χ3v) is 6.05. The number of amides is 1. The topological polar surface area (TPSA) is 45.2 Å². The SMILES string of the molecule is CCC(C)(C)c1ccc(C(=O)NC2CCN(Cc3cncs3)C2)cc1. The zero-order chi connectivity index (χ0) is 17.9. The average molecular weight is 358 g/mol. The maximum atomic E-state index is 12.5. The standard InChI is InChI=1S/C20H27N3OS/c1-4-20(2,3)16-7-5-15(6-8-16)19(24)22-17-9-10-23(12-17)13-18-11-21-14-25-18/h5-8,11,14,17H,4,9-10,12-13H2,1-3H3,(H,22,24). The smallest absolute Gasteiger partial charge is 0.251 e. The van der Waals surface area contributed by atoms with Gasteiger partial charge in [-0.25, -0.2) is 0 Å². The first-order valence-corrected chi connectivity index (χ1v) is 9.87. The normalized spacial score (nSPS) is 18.4. The summed E-state index contributed by atoms with van der Waals surface area (Å²) in [5.74, 6) is 0.0329. The summed E-state index contributed by atoms with van der Waals surface area (Å²) in [7, 11) is 0. The third-order valence-electron chi connectivity index (χ3n) is 5.28. The van der Waals surface area contributed by atoms with Gasteiger partial charge < -0.3 is 5.32 Å². The number of nitrogens with zero attached hydrogens (tertiary/aromatic N) is 2. The van der Waals surface area contributed by atoms with Gasteiger partial charge in [0.1, 0.15) is 0 Å². The van der Waals surface area contributed by atoms with E-state index in [1.807, 2.05) is 23.8 Å². The molecule has 1 aliphatic rings. The summed E-state index contributed by atoms with van der Waals surface area (Å²) in [6.45, 7) is 9.52. The van der Waals surface area contributed by atoms with Crippen LogP contribution in [0.5, 0.6) is 0 Å². The summed E-state index contributed by atoms with van der Waals surface area (Å²) in [5.41, 5.74) is 4.05. The Morgan fingerprint density at radius 3 is 2.76 bits per heavy atom. The van der Waals surface area contributed by atoms with Gasteiger partial charge in [-0.1, -0.05) is 32.9 Å². The minimum absolute atomic E-state index is 0.0329. The highest BCUT2D eigenvalue weighted by atomic mass is 32.1. The van der Waals surface area contributed by atoms with Gasteiger partial charge in [0.2, 0.25) is 0 Å². The van der Waals surface area contributed by atoms with Crippen LogP contribution in [0.1, 0.15) is 54.4 Å². The van der Waals surface area contributed by atoms with Crippen molar-refractivity contribution in [2.45, 2.75) is 51.6 Å². The number of aromatic nitrogens is 1. The van der Waals surface area contributed by atoms with Crippen LogP contribution in [0.15, 0.2) is 36.0 Å². The molecule has 2 aromatic rings. The van der Waals surface area contributed by atoms with Crippen molar-refractivity contribution in [3.05, 3.63) is 52.0 Å². The zero-order valence-corrected chi connectivity index (χ0v) is 16.1. The van der Waals surface area contributed by atoms with E-state index in [-0.39, 0.29) is 17.4 Å². The van der Waals surface area contributed by atoms with E-state index in [9.17, 15) is 4.79 Å². The molecule has 0 saturated carbocycles. The molecule has 1 aromatic heterocycles. The minimum atomic E-state index is 0.0329. The number of carbonyl (C=O) groups is 1. The lowest BCUT2D eigenvalue weighted by atomic mass is 9.82. The molecule has 1 unspecified atom stereocenters. The summed E-state index contributed by atoms with van der Waals surface area (Å²) >= 11 is 1.69. The summed E-state index contributed by atoms with van der Waals surface area (Å²) in [6.07, 6.45) is 4.01. The molecule has 1 aromatic carbocycles. The molecule has 5 heteroatoms. The van der Waals surface area contributed by atoms with Crippen molar-refractivity contribution >= 4 is 17.2 Å². The molecule has 1 amide bonds. The molecule has 0 spiro atoms. The molecule has 0 bridgehead atoms. The Morgan fingerprint density at radius 1 is 1.36 bits per heavy atom. The van der Waals surface area contributed by atoms with E-state index < -0.39 is 0 Å². The number of hydrogen-bond donors (Lipinski definition) is 1. The van der Waals surface area contributed by atoms with Gasteiger partial charge in [-0.05, 0) is 36.0 Å². The quantitative estimate of drug-likeness (QED) is 0.854. The Hall–Kier alpha value is -1.72. The van der Waals surface area contributed by atoms with Gasteiger partial charge in [-0.2, -0.15) is 0 Å². The van der Waals surface area contributed by atoms with Crippen LogP contribution in [-0.2, 0) is 12.0 Å². The molecule has 134 valence electrons. The van der Waals surface area contributed by atoms with Crippen LogP contribution in [-0.4, -0.2) is 34.9 Å². The number of carbonyl (C=O) groups excluding carboxylic acids is 1. The van der Waals surface area contributed by atoms with Crippen LogP contribution in [0.3, 0.4) is 0 Å². The summed E-state index contributed by atoms with van der Waals surface area (Å²) < 4.78 is 0. The maximum absolute atomic E-state index is 12.5. The van der Waals surface area contributed by atoms with Gasteiger partial charge in [0, 0.05) is 42.3 Å². The van der Waals surface area contributed by atoms with Crippen molar-refractivity contribution in [3.8, 4) is 0 Å². The summed E-state index contributed by atoms with van der Waals surface area (Å²) in [4.78, 5) is 20.3. The molecule has 2 heterocycles. The van der Waals surface area contributed by atoms with Crippen LogP contribution >= 0.6 is 11.3 Å². The molecule has 1 fully saturated rings. The number of thiazole rings is 1. The van der Waals surface area contributed by atoms with Crippen molar-refractivity contribution in [1.82, 2.24) is 15.2 Å². The molecule has 0 radical (unpaired) electrons. The highest BCUT2D eigenvalue weighted by Gasteiger charge is 2.25.